The van der Waals surface area contributed by atoms with Crippen molar-refractivity contribution in [2.24, 2.45) is 0 Å². The Balaban J connectivity index is 2.01. The van der Waals surface area contributed by atoms with E-state index in [9.17, 15) is 5.11 Å². The number of rotatable bonds is 1. The van der Waals surface area contributed by atoms with Gasteiger partial charge in [0.25, 0.3) is 0 Å². The third kappa shape index (κ3) is 2.84. The van der Waals surface area contributed by atoms with E-state index in [1.54, 1.807) is 0 Å². The maximum absolute atomic E-state index is 11.0. The van der Waals surface area contributed by atoms with Crippen LogP contribution in [0, 0.1) is 23.6 Å². The second kappa shape index (κ2) is 6.18. The van der Waals surface area contributed by atoms with E-state index >= 15 is 0 Å². The van der Waals surface area contributed by atoms with Gasteiger partial charge in [-0.25, -0.2) is 0 Å². The summed E-state index contributed by atoms with van der Waals surface area (Å²) in [7, 11) is -1.57. The highest BCUT2D eigenvalue weighted by molar-refractivity contribution is 6.83. The molecule has 126 valence electrons. The molecule has 0 amide bonds. The van der Waals surface area contributed by atoms with E-state index in [0.29, 0.717) is 0 Å². The molecule has 2 heteroatoms. The lowest BCUT2D eigenvalue weighted by molar-refractivity contribution is 0.225. The lowest BCUT2D eigenvalue weighted by atomic mass is 9.94. The first-order valence-electron chi connectivity index (χ1n) is 8.82. The molecule has 1 nitrogen and oxygen atoms in total. The second-order valence-corrected chi connectivity index (χ2v) is 12.4. The third-order valence-electron chi connectivity index (χ3n) is 4.52. The first kappa shape index (κ1) is 16.7. The van der Waals surface area contributed by atoms with Gasteiger partial charge in [-0.1, -0.05) is 92.3 Å². The van der Waals surface area contributed by atoms with Crippen LogP contribution in [0.15, 0.2) is 54.6 Å². The Labute approximate surface area is 156 Å². The number of aliphatic hydroxyl groups is 1. The minimum absolute atomic E-state index is 0.666. The Kier molecular flexibility index (Phi) is 3.97. The van der Waals surface area contributed by atoms with Crippen LogP contribution in [-0.2, 0) is 0 Å². The lowest BCUT2D eigenvalue weighted by Crippen LogP contribution is -2.16. The van der Waals surface area contributed by atoms with Gasteiger partial charge in [0.05, 0.1) is 0 Å². The Morgan fingerprint density at radius 2 is 1.54 bits per heavy atom. The number of aliphatic hydroxyl groups excluding tert-OH is 1. The maximum Gasteiger partial charge on any atom is 0.129 e. The van der Waals surface area contributed by atoms with Crippen molar-refractivity contribution in [1.82, 2.24) is 0 Å². The van der Waals surface area contributed by atoms with Crippen molar-refractivity contribution in [3.05, 3.63) is 83.4 Å². The molecule has 3 aromatic carbocycles. The van der Waals surface area contributed by atoms with Crippen molar-refractivity contribution in [2.45, 2.75) is 25.7 Å². The minimum Gasteiger partial charge on any atom is -0.384 e. The van der Waals surface area contributed by atoms with E-state index < -0.39 is 14.2 Å². The Bertz CT molecular complexity index is 1030. The highest BCUT2D eigenvalue weighted by Crippen LogP contribution is 2.45. The van der Waals surface area contributed by atoms with Crippen LogP contribution >= 0.6 is 0 Å². The SMILES string of the molecule is C[Si](C)(C)C#Cc1c(-c2ccccc2)c#cc2c1C(O)c1ccccc1-2. The van der Waals surface area contributed by atoms with Crippen molar-refractivity contribution in [1.29, 1.82) is 0 Å². The molecule has 0 spiro atoms. The molecule has 0 saturated heterocycles. The van der Waals surface area contributed by atoms with Crippen molar-refractivity contribution in [3.8, 4) is 33.7 Å². The monoisotopic (exact) mass is 352 g/mol. The normalized spacial score (nSPS) is 14.7. The summed E-state index contributed by atoms with van der Waals surface area (Å²) in [4.78, 5) is 0. The fraction of sp³-hybridized carbons (Fsp3) is 0.167. The molecule has 0 heterocycles. The van der Waals surface area contributed by atoms with Crippen LogP contribution in [0.4, 0.5) is 0 Å². The van der Waals surface area contributed by atoms with Gasteiger partial charge in [0, 0.05) is 22.3 Å². The van der Waals surface area contributed by atoms with Gasteiger partial charge in [-0.15, -0.1) is 5.54 Å². The van der Waals surface area contributed by atoms with Crippen LogP contribution in [-0.4, -0.2) is 13.2 Å². The van der Waals surface area contributed by atoms with E-state index in [1.165, 1.54) is 0 Å². The van der Waals surface area contributed by atoms with E-state index in [-0.39, 0.29) is 0 Å². The summed E-state index contributed by atoms with van der Waals surface area (Å²) in [6.45, 7) is 6.69. The van der Waals surface area contributed by atoms with E-state index in [4.69, 9.17) is 0 Å². The molecule has 4 rings (SSSR count). The summed E-state index contributed by atoms with van der Waals surface area (Å²) in [5, 5.41) is 11.0. The number of hydrogen-bond donors (Lipinski definition) is 1. The predicted octanol–water partition coefficient (Wildman–Crippen LogP) is 5.24. The Morgan fingerprint density at radius 3 is 2.27 bits per heavy atom. The van der Waals surface area contributed by atoms with Gasteiger partial charge in [-0.3, -0.25) is 0 Å². The highest BCUT2D eigenvalue weighted by Gasteiger charge is 2.30. The average Bonchev–Trinajstić information content (AvgIpc) is 2.93. The fourth-order valence-electron chi connectivity index (χ4n) is 3.32. The summed E-state index contributed by atoms with van der Waals surface area (Å²) in [6.07, 6.45) is -0.666. The molecule has 1 unspecified atom stereocenters. The molecule has 0 saturated carbocycles. The standard InChI is InChI=1S/C24H20OSi/c1-26(2,3)16-15-21-18(17-9-5-4-6-10-17)13-14-20-19-11-7-8-12-22(19)24(25)23(20)21/h4-12,24-25H,1-3H3. The zero-order valence-electron chi connectivity index (χ0n) is 15.2. The lowest BCUT2D eigenvalue weighted by Gasteiger charge is -2.12. The molecular weight excluding hydrogens is 332 g/mol. The molecule has 1 N–H and O–H groups in total. The number of benzene rings is 2. The van der Waals surface area contributed by atoms with Gasteiger partial charge in [0.1, 0.15) is 14.2 Å². The molecule has 0 aromatic heterocycles. The summed E-state index contributed by atoms with van der Waals surface area (Å²) >= 11 is 0. The quantitative estimate of drug-likeness (QED) is 0.469. The number of fused-ring (bicyclic) bond motifs is 3. The van der Waals surface area contributed by atoms with E-state index in [1.807, 2.05) is 42.5 Å². The number of hydrogen-bond acceptors (Lipinski definition) is 1. The topological polar surface area (TPSA) is 20.2 Å². The third-order valence-corrected chi connectivity index (χ3v) is 5.40. The molecular formula is C24H20OSi. The van der Waals surface area contributed by atoms with Gasteiger partial charge in [-0.05, 0) is 16.7 Å². The highest BCUT2D eigenvalue weighted by atomic mass is 28.3. The molecule has 26 heavy (non-hydrogen) atoms. The average molecular weight is 353 g/mol. The van der Waals surface area contributed by atoms with Crippen LogP contribution in [0.25, 0.3) is 22.3 Å². The first-order chi connectivity index (χ1) is 12.5. The van der Waals surface area contributed by atoms with Gasteiger partial charge >= 0.3 is 0 Å². The van der Waals surface area contributed by atoms with Crippen LogP contribution in [0.3, 0.4) is 0 Å². The molecule has 0 bridgehead atoms. The van der Waals surface area contributed by atoms with Gasteiger partial charge in [-0.2, -0.15) is 0 Å². The fourth-order valence-corrected chi connectivity index (χ4v) is 3.82. The minimum atomic E-state index is -1.57. The van der Waals surface area contributed by atoms with Crippen LogP contribution in [0.2, 0.25) is 19.6 Å². The van der Waals surface area contributed by atoms with E-state index in [0.717, 1.165) is 38.9 Å². The van der Waals surface area contributed by atoms with Crippen molar-refractivity contribution >= 4 is 8.07 Å². The molecule has 1 aliphatic carbocycles. The molecule has 0 aliphatic heterocycles. The van der Waals surface area contributed by atoms with Crippen LogP contribution in [0.1, 0.15) is 22.8 Å². The van der Waals surface area contributed by atoms with Crippen molar-refractivity contribution in [2.75, 3.05) is 0 Å². The molecule has 3 aromatic rings. The van der Waals surface area contributed by atoms with E-state index in [2.05, 4.69) is 55.4 Å². The van der Waals surface area contributed by atoms with Crippen molar-refractivity contribution in [3.63, 3.8) is 0 Å². The van der Waals surface area contributed by atoms with Crippen molar-refractivity contribution < 1.29 is 5.11 Å². The van der Waals surface area contributed by atoms with Crippen LogP contribution in [0.5, 0.6) is 0 Å². The van der Waals surface area contributed by atoms with Gasteiger partial charge < -0.3 is 5.11 Å². The molecule has 0 fully saturated rings. The van der Waals surface area contributed by atoms with Gasteiger partial charge in [0.15, 0.2) is 0 Å². The summed E-state index contributed by atoms with van der Waals surface area (Å²) in [6, 6.07) is 24.7. The summed E-state index contributed by atoms with van der Waals surface area (Å²) < 4.78 is 0. The molecule has 1 aliphatic rings. The zero-order chi connectivity index (χ0) is 18.3. The largest absolute Gasteiger partial charge is 0.384 e. The second-order valence-electron chi connectivity index (χ2n) is 7.64. The predicted molar refractivity (Wildman–Crippen MR) is 109 cm³/mol. The van der Waals surface area contributed by atoms with Gasteiger partial charge in [0.2, 0.25) is 0 Å². The van der Waals surface area contributed by atoms with Crippen LogP contribution < -0.4 is 0 Å². The molecule has 1 atom stereocenters. The maximum atomic E-state index is 11.0. The molecule has 0 radical (unpaired) electrons. The smallest absolute Gasteiger partial charge is 0.129 e. The Hall–Kier alpha value is -2.78. The zero-order valence-corrected chi connectivity index (χ0v) is 16.2. The first-order valence-corrected chi connectivity index (χ1v) is 12.3. The summed E-state index contributed by atoms with van der Waals surface area (Å²) in [5.74, 6) is 3.42. The summed E-state index contributed by atoms with van der Waals surface area (Å²) in [5.41, 5.74) is 10.1. The Morgan fingerprint density at radius 1 is 0.885 bits per heavy atom.